The predicted molar refractivity (Wildman–Crippen MR) is 78.5 cm³/mol. The standard InChI is InChI=1S/C13H23N3O4S/c1-5-8-16-9-11(14-10(16)2)21(19,20)15-13(3,4)7-6-12(17)18/h9,15H,5-8H2,1-4H3,(H,17,18). The van der Waals surface area contributed by atoms with E-state index in [1.165, 1.54) is 6.20 Å². The number of carboxylic acid groups (broad SMARTS) is 1. The fourth-order valence-corrected chi connectivity index (χ4v) is 3.41. The molecule has 8 heteroatoms. The molecule has 1 aromatic heterocycles. The number of aryl methyl sites for hydroxylation is 2. The number of nitrogens with one attached hydrogen (secondary N) is 1. The van der Waals surface area contributed by atoms with Gasteiger partial charge in [-0.3, -0.25) is 4.79 Å². The second-order valence-electron chi connectivity index (χ2n) is 5.70. The molecule has 1 rings (SSSR count). The van der Waals surface area contributed by atoms with Crippen molar-refractivity contribution in [2.75, 3.05) is 0 Å². The monoisotopic (exact) mass is 317 g/mol. The van der Waals surface area contributed by atoms with Crippen LogP contribution >= 0.6 is 0 Å². The van der Waals surface area contributed by atoms with E-state index >= 15 is 0 Å². The summed E-state index contributed by atoms with van der Waals surface area (Å²) in [4.78, 5) is 14.7. The summed E-state index contributed by atoms with van der Waals surface area (Å²) in [6.45, 7) is 7.77. The van der Waals surface area contributed by atoms with E-state index in [0.717, 1.165) is 6.42 Å². The van der Waals surface area contributed by atoms with Gasteiger partial charge in [-0.2, -0.15) is 0 Å². The van der Waals surface area contributed by atoms with Crippen LogP contribution < -0.4 is 4.72 Å². The average molecular weight is 317 g/mol. The Kier molecular flexibility index (Phi) is 5.52. The number of hydrogen-bond acceptors (Lipinski definition) is 4. The number of sulfonamides is 1. The maximum atomic E-state index is 12.3. The van der Waals surface area contributed by atoms with Crippen molar-refractivity contribution in [1.82, 2.24) is 14.3 Å². The third-order valence-electron chi connectivity index (χ3n) is 3.07. The lowest BCUT2D eigenvalue weighted by Gasteiger charge is -2.24. The van der Waals surface area contributed by atoms with E-state index in [1.807, 2.05) is 6.92 Å². The lowest BCUT2D eigenvalue weighted by molar-refractivity contribution is -0.137. The van der Waals surface area contributed by atoms with Crippen LogP contribution in [0, 0.1) is 6.92 Å². The highest BCUT2D eigenvalue weighted by atomic mass is 32.2. The van der Waals surface area contributed by atoms with Gasteiger partial charge in [-0.05, 0) is 33.6 Å². The molecule has 1 heterocycles. The first kappa shape index (κ1) is 17.6. The van der Waals surface area contributed by atoms with Gasteiger partial charge in [-0.1, -0.05) is 6.92 Å². The number of carboxylic acids is 1. The van der Waals surface area contributed by atoms with Crippen LogP contribution in [0.3, 0.4) is 0 Å². The third kappa shape index (κ3) is 5.13. The number of aromatic nitrogens is 2. The SMILES string of the molecule is CCCn1cc(S(=O)(=O)NC(C)(C)CCC(=O)O)nc1C. The number of imidazole rings is 1. The molecule has 0 aliphatic carbocycles. The molecule has 0 saturated heterocycles. The van der Waals surface area contributed by atoms with Crippen molar-refractivity contribution in [2.45, 2.75) is 64.1 Å². The van der Waals surface area contributed by atoms with Gasteiger partial charge in [0.2, 0.25) is 0 Å². The van der Waals surface area contributed by atoms with E-state index in [0.29, 0.717) is 12.4 Å². The lowest BCUT2D eigenvalue weighted by Crippen LogP contribution is -2.43. The fraction of sp³-hybridized carbons (Fsp3) is 0.692. The van der Waals surface area contributed by atoms with E-state index in [4.69, 9.17) is 5.11 Å². The van der Waals surface area contributed by atoms with E-state index in [-0.39, 0.29) is 17.9 Å². The molecule has 0 aliphatic heterocycles. The van der Waals surface area contributed by atoms with Gasteiger partial charge in [0.25, 0.3) is 10.0 Å². The van der Waals surface area contributed by atoms with E-state index < -0.39 is 21.5 Å². The zero-order valence-electron chi connectivity index (χ0n) is 12.9. The molecule has 2 N–H and O–H groups in total. The minimum Gasteiger partial charge on any atom is -0.481 e. The Labute approximate surface area is 125 Å². The molecular formula is C13H23N3O4S. The van der Waals surface area contributed by atoms with Crippen molar-refractivity contribution >= 4 is 16.0 Å². The highest BCUT2D eigenvalue weighted by Crippen LogP contribution is 2.17. The Morgan fingerprint density at radius 3 is 2.62 bits per heavy atom. The Balaban J connectivity index is 2.90. The molecule has 0 bridgehead atoms. The molecule has 0 fully saturated rings. The van der Waals surface area contributed by atoms with Crippen LogP contribution in [0.5, 0.6) is 0 Å². The minimum atomic E-state index is -3.76. The van der Waals surface area contributed by atoms with Gasteiger partial charge in [-0.15, -0.1) is 0 Å². The predicted octanol–water partition coefficient (Wildman–Crippen LogP) is 1.52. The highest BCUT2D eigenvalue weighted by molar-refractivity contribution is 7.89. The molecule has 0 saturated carbocycles. The summed E-state index contributed by atoms with van der Waals surface area (Å²) in [5, 5.41) is 8.67. The number of rotatable bonds is 8. The maximum absolute atomic E-state index is 12.3. The summed E-state index contributed by atoms with van der Waals surface area (Å²) in [5.41, 5.74) is -0.848. The normalized spacial score (nSPS) is 12.6. The van der Waals surface area contributed by atoms with Crippen LogP contribution in [0.25, 0.3) is 0 Å². The Morgan fingerprint density at radius 1 is 1.48 bits per heavy atom. The van der Waals surface area contributed by atoms with E-state index in [2.05, 4.69) is 9.71 Å². The molecule has 1 aromatic rings. The molecule has 0 spiro atoms. The molecule has 0 radical (unpaired) electrons. The molecule has 0 unspecified atom stereocenters. The molecule has 21 heavy (non-hydrogen) atoms. The summed E-state index contributed by atoms with van der Waals surface area (Å²) in [7, 11) is -3.76. The zero-order valence-corrected chi connectivity index (χ0v) is 13.7. The van der Waals surface area contributed by atoms with Crippen LogP contribution in [0.4, 0.5) is 0 Å². The summed E-state index contributed by atoms with van der Waals surface area (Å²) < 4.78 is 29.0. The Bertz CT molecular complexity index is 605. The van der Waals surface area contributed by atoms with Crippen LogP contribution in [0.15, 0.2) is 11.2 Å². The van der Waals surface area contributed by atoms with Crippen molar-refractivity contribution in [3.63, 3.8) is 0 Å². The second kappa shape index (κ2) is 6.57. The van der Waals surface area contributed by atoms with Crippen molar-refractivity contribution in [2.24, 2.45) is 0 Å². The van der Waals surface area contributed by atoms with Crippen molar-refractivity contribution in [1.29, 1.82) is 0 Å². The molecule has 0 amide bonds. The zero-order chi connectivity index (χ0) is 16.3. The Morgan fingerprint density at radius 2 is 2.10 bits per heavy atom. The number of nitrogens with zero attached hydrogens (tertiary/aromatic N) is 2. The molecule has 7 nitrogen and oxygen atoms in total. The molecule has 0 aliphatic rings. The van der Waals surface area contributed by atoms with Crippen molar-refractivity contribution < 1.29 is 18.3 Å². The van der Waals surface area contributed by atoms with Gasteiger partial charge in [0.05, 0.1) is 0 Å². The summed E-state index contributed by atoms with van der Waals surface area (Å²) in [6.07, 6.45) is 2.50. The first-order valence-electron chi connectivity index (χ1n) is 6.87. The minimum absolute atomic E-state index is 0.0307. The highest BCUT2D eigenvalue weighted by Gasteiger charge is 2.28. The van der Waals surface area contributed by atoms with Crippen molar-refractivity contribution in [3.8, 4) is 0 Å². The summed E-state index contributed by atoms with van der Waals surface area (Å²) >= 11 is 0. The molecule has 0 aromatic carbocycles. The number of carbonyl (C=O) groups is 1. The molecule has 120 valence electrons. The van der Waals surface area contributed by atoms with Crippen LogP contribution in [-0.4, -0.2) is 34.6 Å². The maximum Gasteiger partial charge on any atom is 0.303 e. The lowest BCUT2D eigenvalue weighted by atomic mass is 10.0. The first-order valence-corrected chi connectivity index (χ1v) is 8.35. The topological polar surface area (TPSA) is 101 Å². The molecule has 0 atom stereocenters. The van der Waals surface area contributed by atoms with Crippen LogP contribution in [0.1, 0.15) is 45.9 Å². The quantitative estimate of drug-likeness (QED) is 0.757. The van der Waals surface area contributed by atoms with Crippen molar-refractivity contribution in [3.05, 3.63) is 12.0 Å². The Hall–Kier alpha value is -1.41. The van der Waals surface area contributed by atoms with Gasteiger partial charge in [-0.25, -0.2) is 18.1 Å². The van der Waals surface area contributed by atoms with Gasteiger partial charge in [0.15, 0.2) is 5.03 Å². The smallest absolute Gasteiger partial charge is 0.303 e. The molecular weight excluding hydrogens is 294 g/mol. The van der Waals surface area contributed by atoms with Gasteiger partial charge < -0.3 is 9.67 Å². The van der Waals surface area contributed by atoms with Gasteiger partial charge >= 0.3 is 5.97 Å². The van der Waals surface area contributed by atoms with Crippen LogP contribution in [0.2, 0.25) is 0 Å². The summed E-state index contributed by atoms with van der Waals surface area (Å²) in [5.74, 6) is -0.314. The number of aliphatic carboxylic acids is 1. The van der Waals surface area contributed by atoms with Gasteiger partial charge in [0, 0.05) is 24.7 Å². The number of hydrogen-bond donors (Lipinski definition) is 2. The van der Waals surface area contributed by atoms with E-state index in [1.54, 1.807) is 25.3 Å². The fourth-order valence-electron chi connectivity index (χ4n) is 1.96. The first-order chi connectivity index (χ1) is 9.57. The van der Waals surface area contributed by atoms with Crippen LogP contribution in [-0.2, 0) is 21.4 Å². The second-order valence-corrected chi connectivity index (χ2v) is 7.33. The third-order valence-corrected chi connectivity index (χ3v) is 4.64. The van der Waals surface area contributed by atoms with Gasteiger partial charge in [0.1, 0.15) is 5.82 Å². The summed E-state index contributed by atoms with van der Waals surface area (Å²) in [6, 6.07) is 0. The van der Waals surface area contributed by atoms with E-state index in [9.17, 15) is 13.2 Å². The average Bonchev–Trinajstić information content (AvgIpc) is 2.69. The largest absolute Gasteiger partial charge is 0.481 e.